The van der Waals surface area contributed by atoms with E-state index in [0.29, 0.717) is 86.2 Å². The fraction of sp³-hybridized carbons (Fsp3) is 0.644. The Bertz CT molecular complexity index is 3340. The van der Waals surface area contributed by atoms with Crippen LogP contribution in [0.5, 0.6) is 51.7 Å². The number of hydrogen-bond donors (Lipinski definition) is 4. The van der Waals surface area contributed by atoms with E-state index in [4.69, 9.17) is 52.1 Å². The molecule has 514 valence electrons. The largest absolute Gasteiger partial charge is 0.504 e. The molecule has 8 atom stereocenters. The Kier molecular flexibility index (Phi) is 22.5. The number of fused-ring (bicyclic) bond motifs is 8. The summed E-state index contributed by atoms with van der Waals surface area (Å²) in [5, 5.41) is 36.4. The van der Waals surface area contributed by atoms with Crippen molar-refractivity contribution in [1.29, 1.82) is 0 Å². The molecule has 4 N–H and O–H groups in total. The number of aromatic hydroxyl groups is 1. The smallest absolute Gasteiger partial charge is 0.411 e. The molecule has 4 aromatic rings. The third kappa shape index (κ3) is 14.1. The van der Waals surface area contributed by atoms with E-state index in [0.717, 1.165) is 117 Å². The molecule has 3 unspecified atom stereocenters. The minimum Gasteiger partial charge on any atom is -0.504 e. The molecule has 0 spiro atoms. The van der Waals surface area contributed by atoms with E-state index in [-0.39, 0.29) is 75.5 Å². The van der Waals surface area contributed by atoms with Gasteiger partial charge >= 0.3 is 12.2 Å². The van der Waals surface area contributed by atoms with Gasteiger partial charge in [-0.25, -0.2) is 9.59 Å². The maximum Gasteiger partial charge on any atom is 0.411 e. The van der Waals surface area contributed by atoms with E-state index in [9.17, 15) is 24.9 Å². The summed E-state index contributed by atoms with van der Waals surface area (Å²) in [7, 11) is 5.31. The molecule has 6 aliphatic rings. The number of benzene rings is 4. The zero-order valence-corrected chi connectivity index (χ0v) is 58.7. The van der Waals surface area contributed by atoms with E-state index in [1.54, 1.807) is 12.0 Å². The molecular formula is C73H106N4O16. The van der Waals surface area contributed by atoms with E-state index in [1.165, 1.54) is 12.7 Å². The predicted molar refractivity (Wildman–Crippen MR) is 355 cm³/mol. The zero-order valence-electron chi connectivity index (χ0n) is 58.7. The standard InChI is InChI=1S/C37H54N2O9.C36H52N2O7/c1-9-11-13-44-19-27-29-25(33(45-14-12-10-2)22(4)34-35(29)47-20-46-34)17-26(39(27)36(42)48-37(5,6)7)30-28-23(16-24(18-40)38-30)15-21(3)32(43-8)31(28)41;1-11-13-14-42-32-22(5)33-34(44-19-43-33)29-25(32)17-27(38(26(29)12-2)35(40)45-36(6,7)8)30-28-21(4)31(41-10)20(3)15-23(28)16-24(18-39)37(30)9/h15,24,26-27,30,38,40-41H,9-14,16-20H2,1-8H3;15,24,26-27,30,39H,11-14,16-19H2,1-10H3/t24-,26-,27-,30?;24?,26-,27-,30?/m00/s1. The normalized spacial score (nSPS) is 22.0. The second kappa shape index (κ2) is 29.6. The molecule has 0 saturated carbocycles. The summed E-state index contributed by atoms with van der Waals surface area (Å²) in [5.41, 5.74) is 10.8. The molecule has 10 rings (SSSR count). The molecule has 0 radical (unpaired) electrons. The molecule has 93 heavy (non-hydrogen) atoms. The lowest BCUT2D eigenvalue weighted by atomic mass is 9.75. The first-order valence-electron chi connectivity index (χ1n) is 33.8. The molecular weight excluding hydrogens is 1190 g/mol. The van der Waals surface area contributed by atoms with Gasteiger partial charge in [0.15, 0.2) is 34.5 Å². The number of carbonyl (C=O) groups excluding carboxylic acids is 2. The molecule has 0 aromatic heterocycles. The van der Waals surface area contributed by atoms with Crippen LogP contribution in [0.3, 0.4) is 0 Å². The second-order valence-electron chi connectivity index (χ2n) is 27.9. The molecule has 0 aliphatic carbocycles. The third-order valence-electron chi connectivity index (χ3n) is 19.1. The molecule has 6 heterocycles. The van der Waals surface area contributed by atoms with Crippen LogP contribution in [0.15, 0.2) is 12.1 Å². The topological polar surface area (TPSA) is 218 Å². The number of nitrogens with zero attached hydrogens (tertiary/aromatic N) is 3. The first-order valence-corrected chi connectivity index (χ1v) is 33.8. The van der Waals surface area contributed by atoms with Gasteiger partial charge < -0.3 is 72.7 Å². The minimum absolute atomic E-state index is 0.00664. The number of amides is 2. The van der Waals surface area contributed by atoms with Crippen LogP contribution in [0.2, 0.25) is 0 Å². The van der Waals surface area contributed by atoms with Crippen molar-refractivity contribution < 1.29 is 77.0 Å². The number of methoxy groups -OCH3 is 2. The van der Waals surface area contributed by atoms with Gasteiger partial charge in [-0.1, -0.05) is 59.1 Å². The number of rotatable bonds is 20. The Balaban J connectivity index is 0.000000220. The highest BCUT2D eigenvalue weighted by atomic mass is 16.7. The molecule has 4 aromatic carbocycles. The summed E-state index contributed by atoms with van der Waals surface area (Å²) in [4.78, 5) is 34.9. The van der Waals surface area contributed by atoms with Crippen molar-refractivity contribution in [2.75, 3.05) is 74.5 Å². The van der Waals surface area contributed by atoms with Crippen LogP contribution < -0.4 is 43.2 Å². The summed E-state index contributed by atoms with van der Waals surface area (Å²) in [6, 6.07) is 1.01. The first-order chi connectivity index (χ1) is 44.3. The number of aryl methyl sites for hydroxylation is 2. The lowest BCUT2D eigenvalue weighted by Crippen LogP contribution is -2.58. The van der Waals surface area contributed by atoms with Gasteiger partial charge in [-0.2, -0.15) is 0 Å². The Morgan fingerprint density at radius 1 is 0.591 bits per heavy atom. The molecule has 6 aliphatic heterocycles. The highest BCUT2D eigenvalue weighted by molar-refractivity contribution is 5.75. The van der Waals surface area contributed by atoms with Gasteiger partial charge in [0.05, 0.1) is 83.5 Å². The van der Waals surface area contributed by atoms with Gasteiger partial charge in [0.25, 0.3) is 0 Å². The van der Waals surface area contributed by atoms with Crippen molar-refractivity contribution in [3.05, 3.63) is 84.5 Å². The highest BCUT2D eigenvalue weighted by Gasteiger charge is 2.53. The number of aliphatic hydroxyl groups excluding tert-OH is 2. The molecule has 20 nitrogen and oxygen atoms in total. The number of ether oxygens (including phenoxy) is 11. The van der Waals surface area contributed by atoms with Crippen LogP contribution in [0.25, 0.3) is 0 Å². The Hall–Kier alpha value is -6.58. The van der Waals surface area contributed by atoms with Gasteiger partial charge in [-0.05, 0) is 168 Å². The first kappa shape index (κ1) is 70.7. The van der Waals surface area contributed by atoms with Gasteiger partial charge in [-0.3, -0.25) is 14.7 Å². The lowest BCUT2D eigenvalue weighted by Gasteiger charge is -2.52. The Morgan fingerprint density at radius 3 is 1.57 bits per heavy atom. The van der Waals surface area contributed by atoms with Gasteiger partial charge in [0.2, 0.25) is 13.6 Å². The van der Waals surface area contributed by atoms with Crippen LogP contribution in [-0.4, -0.2) is 152 Å². The van der Waals surface area contributed by atoms with Crippen molar-refractivity contribution in [2.45, 2.75) is 234 Å². The fourth-order valence-electron chi connectivity index (χ4n) is 15.1. The molecule has 2 amide bonds. The third-order valence-corrected chi connectivity index (χ3v) is 19.1. The quantitative estimate of drug-likeness (QED) is 0.0605. The minimum atomic E-state index is -0.785. The van der Waals surface area contributed by atoms with Crippen molar-refractivity contribution in [1.82, 2.24) is 20.0 Å². The Labute approximate surface area is 551 Å². The number of unbranched alkanes of at least 4 members (excludes halogenated alkanes) is 3. The van der Waals surface area contributed by atoms with Crippen LogP contribution in [0, 0.1) is 34.6 Å². The number of phenolic OH excluding ortho intramolecular Hbond substituents is 1. The summed E-state index contributed by atoms with van der Waals surface area (Å²) >= 11 is 0. The monoisotopic (exact) mass is 1290 g/mol. The van der Waals surface area contributed by atoms with Gasteiger partial charge in [0.1, 0.15) is 28.5 Å². The van der Waals surface area contributed by atoms with Crippen molar-refractivity contribution >= 4 is 12.2 Å². The van der Waals surface area contributed by atoms with E-state index in [2.05, 4.69) is 64.9 Å². The average Bonchev–Trinajstić information content (AvgIpc) is 1.65. The van der Waals surface area contributed by atoms with E-state index in [1.807, 2.05) is 73.3 Å². The molecule has 0 saturated heterocycles. The number of hydrogen-bond acceptors (Lipinski definition) is 18. The average molecular weight is 1300 g/mol. The molecule has 0 fully saturated rings. The van der Waals surface area contributed by atoms with Gasteiger partial charge in [-0.15, -0.1) is 0 Å². The number of aliphatic hydroxyl groups is 2. The van der Waals surface area contributed by atoms with Crippen molar-refractivity contribution in [3.63, 3.8) is 0 Å². The number of nitrogens with one attached hydrogen (secondary N) is 1. The van der Waals surface area contributed by atoms with E-state index < -0.39 is 35.4 Å². The molecule has 0 bridgehead atoms. The number of likely N-dealkylation sites (N-methyl/N-ethyl adjacent to an activating group) is 1. The lowest BCUT2D eigenvalue weighted by molar-refractivity contribution is -0.0257. The highest BCUT2D eigenvalue weighted by Crippen LogP contribution is 2.58. The zero-order chi connectivity index (χ0) is 67.5. The summed E-state index contributed by atoms with van der Waals surface area (Å²) in [5.74, 6) is 5.39. The van der Waals surface area contributed by atoms with Gasteiger partial charge in [0, 0.05) is 57.6 Å². The van der Waals surface area contributed by atoms with Crippen molar-refractivity contribution in [2.24, 2.45) is 0 Å². The predicted octanol–water partition coefficient (Wildman–Crippen LogP) is 12.9. The van der Waals surface area contributed by atoms with Crippen LogP contribution in [-0.2, 0) is 39.9 Å². The summed E-state index contributed by atoms with van der Waals surface area (Å²) in [6.45, 7) is 31.7. The maximum absolute atomic E-state index is 14.5. The van der Waals surface area contributed by atoms with Crippen LogP contribution >= 0.6 is 0 Å². The number of carbonyl (C=O) groups is 2. The second-order valence-corrected chi connectivity index (χ2v) is 27.9. The van der Waals surface area contributed by atoms with E-state index >= 15 is 0 Å². The number of phenols is 1. The summed E-state index contributed by atoms with van der Waals surface area (Å²) in [6.07, 6.45) is 7.47. The fourth-order valence-corrected chi connectivity index (χ4v) is 15.1. The van der Waals surface area contributed by atoms with Crippen LogP contribution in [0.1, 0.15) is 211 Å². The van der Waals surface area contributed by atoms with Crippen LogP contribution in [0.4, 0.5) is 9.59 Å². The SMILES string of the molecule is CCCCOC[C@H]1c2c(c(OCCCC)c(C)c3c2OCO3)C[C@@H](C2N[C@H](CO)Cc3cc(C)c(OC)c(O)c32)N1C(=O)OC(C)(C)C.CCCCOc1c(C)c2c(c3c1C[C@@H](C1c4c(cc(C)c(OC)c4C)CC(CO)N1C)N(C(=O)OC(C)(C)C)[C@H]3CC)OCO2. The molecule has 20 heteroatoms. The van der Waals surface area contributed by atoms with Crippen molar-refractivity contribution in [3.8, 4) is 51.7 Å². The Morgan fingerprint density at radius 2 is 1.08 bits per heavy atom. The maximum atomic E-state index is 14.5. The summed E-state index contributed by atoms with van der Waals surface area (Å²) < 4.78 is 67.7.